The third-order valence-corrected chi connectivity index (χ3v) is 5.20. The summed E-state index contributed by atoms with van der Waals surface area (Å²) in [6.45, 7) is 1.00. The van der Waals surface area contributed by atoms with Crippen molar-refractivity contribution in [2.24, 2.45) is 0 Å². The van der Waals surface area contributed by atoms with E-state index >= 15 is 0 Å². The molecule has 0 N–H and O–H groups in total. The van der Waals surface area contributed by atoms with Crippen LogP contribution in [0.5, 0.6) is 0 Å². The van der Waals surface area contributed by atoms with Gasteiger partial charge in [-0.2, -0.15) is 0 Å². The minimum Gasteiger partial charge on any atom is -0.290 e. The number of piperidine rings is 1. The summed E-state index contributed by atoms with van der Waals surface area (Å²) < 4.78 is 54.9. The van der Waals surface area contributed by atoms with Crippen LogP contribution >= 0.6 is 0 Å². The van der Waals surface area contributed by atoms with E-state index < -0.39 is 23.3 Å². The average Bonchev–Trinajstić information content (AvgIpc) is 2.76. The van der Waals surface area contributed by atoms with Gasteiger partial charge in [-0.05, 0) is 42.0 Å². The van der Waals surface area contributed by atoms with Crippen LogP contribution in [-0.2, 0) is 11.3 Å². The van der Waals surface area contributed by atoms with Crippen molar-refractivity contribution in [2.45, 2.75) is 6.54 Å². The van der Waals surface area contributed by atoms with Crippen molar-refractivity contribution in [3.63, 3.8) is 0 Å². The normalized spacial score (nSPS) is 17.3. The molecule has 162 valence electrons. The molecule has 3 aromatic carbocycles. The number of ketones is 1. The average molecular weight is 437 g/mol. The number of carbonyl (C=O) groups excluding carboxylic acids is 1. The third kappa shape index (κ3) is 5.03. The van der Waals surface area contributed by atoms with Crippen molar-refractivity contribution in [2.75, 3.05) is 13.1 Å². The standard InChI is InChI=1S/C26H19F4NO/c27-22-8-6-18(24(29)12-22)10-20-15-31(14-17-4-2-1-3-5-17)16-21(26(20)32)11-19-7-9-23(28)13-25(19)30/h1-13H,14-16H2/b20-10-,21-11-. The molecule has 0 unspecified atom stereocenters. The smallest absolute Gasteiger partial charge is 0.187 e. The molecule has 1 aliphatic rings. The number of halogens is 4. The Morgan fingerprint density at radius 1 is 0.719 bits per heavy atom. The van der Waals surface area contributed by atoms with Gasteiger partial charge in [-0.15, -0.1) is 0 Å². The lowest BCUT2D eigenvalue weighted by Crippen LogP contribution is -2.37. The minimum absolute atomic E-state index is 0.0867. The molecule has 0 amide bonds. The van der Waals surface area contributed by atoms with Crippen molar-refractivity contribution in [1.29, 1.82) is 0 Å². The van der Waals surface area contributed by atoms with E-state index in [9.17, 15) is 22.4 Å². The Hall–Kier alpha value is -3.51. The van der Waals surface area contributed by atoms with Crippen molar-refractivity contribution in [1.82, 2.24) is 4.90 Å². The number of likely N-dealkylation sites (tertiary alicyclic amines) is 1. The first-order chi connectivity index (χ1) is 15.4. The van der Waals surface area contributed by atoms with Crippen LogP contribution in [-0.4, -0.2) is 23.8 Å². The summed E-state index contributed by atoms with van der Waals surface area (Å²) >= 11 is 0. The monoisotopic (exact) mass is 437 g/mol. The molecule has 1 aliphatic heterocycles. The van der Waals surface area contributed by atoms with E-state index in [0.717, 1.165) is 29.8 Å². The number of Topliss-reactive ketones (excluding diaryl/α,β-unsaturated/α-hetero) is 1. The zero-order valence-corrected chi connectivity index (χ0v) is 17.0. The summed E-state index contributed by atoms with van der Waals surface area (Å²) in [6.07, 6.45) is 2.78. The fourth-order valence-electron chi connectivity index (χ4n) is 3.68. The lowest BCUT2D eigenvalue weighted by atomic mass is 9.93. The molecule has 0 aromatic heterocycles. The molecule has 0 radical (unpaired) electrons. The number of nitrogens with zero attached hydrogens (tertiary/aromatic N) is 1. The molecule has 1 fully saturated rings. The zero-order valence-electron chi connectivity index (χ0n) is 17.0. The Morgan fingerprint density at radius 3 is 1.69 bits per heavy atom. The van der Waals surface area contributed by atoms with Crippen LogP contribution in [0.2, 0.25) is 0 Å². The van der Waals surface area contributed by atoms with Gasteiger partial charge >= 0.3 is 0 Å². The van der Waals surface area contributed by atoms with E-state index in [1.165, 1.54) is 24.3 Å². The highest BCUT2D eigenvalue weighted by atomic mass is 19.1. The van der Waals surface area contributed by atoms with Crippen molar-refractivity contribution >= 4 is 17.9 Å². The number of carbonyl (C=O) groups is 1. The van der Waals surface area contributed by atoms with Gasteiger partial charge in [0.1, 0.15) is 23.3 Å². The SMILES string of the molecule is O=C1/C(=C\c2ccc(F)cc2F)CN(Cc2ccccc2)C/C1=C/c1ccc(F)cc1F. The fraction of sp³-hybridized carbons (Fsp3) is 0.115. The van der Waals surface area contributed by atoms with Crippen LogP contribution in [0.1, 0.15) is 16.7 Å². The predicted molar refractivity (Wildman–Crippen MR) is 115 cm³/mol. The van der Waals surface area contributed by atoms with E-state index in [1.54, 1.807) is 0 Å². The maximum absolute atomic E-state index is 14.2. The molecule has 0 aliphatic carbocycles. The molecule has 1 saturated heterocycles. The summed E-state index contributed by atoms with van der Waals surface area (Å²) in [6, 6.07) is 15.9. The van der Waals surface area contributed by atoms with Gasteiger partial charge in [0.15, 0.2) is 5.78 Å². The first-order valence-corrected chi connectivity index (χ1v) is 10.0. The highest BCUT2D eigenvalue weighted by molar-refractivity contribution is 6.14. The molecular weight excluding hydrogens is 418 g/mol. The molecular formula is C26H19F4NO. The van der Waals surface area contributed by atoms with E-state index in [2.05, 4.69) is 0 Å². The van der Waals surface area contributed by atoms with Gasteiger partial charge < -0.3 is 0 Å². The predicted octanol–water partition coefficient (Wildman–Crippen LogP) is 5.79. The molecule has 0 atom stereocenters. The van der Waals surface area contributed by atoms with E-state index in [0.29, 0.717) is 17.7 Å². The van der Waals surface area contributed by atoms with Crippen LogP contribution < -0.4 is 0 Å². The second-order valence-electron chi connectivity index (χ2n) is 7.63. The van der Waals surface area contributed by atoms with Crippen LogP contribution in [0.15, 0.2) is 77.9 Å². The maximum atomic E-state index is 14.2. The minimum atomic E-state index is -0.777. The van der Waals surface area contributed by atoms with Gasteiger partial charge in [-0.1, -0.05) is 30.3 Å². The highest BCUT2D eigenvalue weighted by Gasteiger charge is 2.27. The summed E-state index contributed by atoms with van der Waals surface area (Å²) in [7, 11) is 0. The van der Waals surface area contributed by atoms with Crippen molar-refractivity contribution in [3.8, 4) is 0 Å². The Balaban J connectivity index is 1.72. The van der Waals surface area contributed by atoms with Gasteiger partial charge in [0.05, 0.1) is 0 Å². The van der Waals surface area contributed by atoms with Crippen LogP contribution in [0, 0.1) is 23.3 Å². The number of hydrogen-bond acceptors (Lipinski definition) is 2. The van der Waals surface area contributed by atoms with E-state index in [1.807, 2.05) is 35.2 Å². The number of rotatable bonds is 4. The van der Waals surface area contributed by atoms with Gasteiger partial charge in [-0.3, -0.25) is 9.69 Å². The third-order valence-electron chi connectivity index (χ3n) is 5.20. The van der Waals surface area contributed by atoms with Crippen molar-refractivity contribution < 1.29 is 22.4 Å². The second-order valence-corrected chi connectivity index (χ2v) is 7.63. The van der Waals surface area contributed by atoms with Gasteiger partial charge in [0.25, 0.3) is 0 Å². The summed E-state index contributed by atoms with van der Waals surface area (Å²) in [4.78, 5) is 15.1. The van der Waals surface area contributed by atoms with Crippen LogP contribution in [0.4, 0.5) is 17.6 Å². The molecule has 6 heteroatoms. The molecule has 32 heavy (non-hydrogen) atoms. The maximum Gasteiger partial charge on any atom is 0.187 e. The molecule has 2 nitrogen and oxygen atoms in total. The first kappa shape index (κ1) is 21.7. The molecule has 3 aromatic rings. The fourth-order valence-corrected chi connectivity index (χ4v) is 3.68. The highest BCUT2D eigenvalue weighted by Crippen LogP contribution is 2.25. The molecule has 1 heterocycles. The number of hydrogen-bond donors (Lipinski definition) is 0. The molecule has 0 spiro atoms. The summed E-state index contributed by atoms with van der Waals surface area (Å²) in [5.41, 5.74) is 1.78. The van der Waals surface area contributed by atoms with Gasteiger partial charge in [-0.25, -0.2) is 17.6 Å². The Bertz CT molecular complexity index is 1140. The number of benzene rings is 3. The second kappa shape index (κ2) is 9.32. The summed E-state index contributed by atoms with van der Waals surface area (Å²) in [5.74, 6) is -3.33. The quantitative estimate of drug-likeness (QED) is 0.380. The largest absolute Gasteiger partial charge is 0.290 e. The van der Waals surface area contributed by atoms with Gasteiger partial charge in [0, 0.05) is 54.0 Å². The summed E-state index contributed by atoms with van der Waals surface area (Å²) in [5, 5.41) is 0. The molecule has 0 saturated carbocycles. The Kier molecular flexibility index (Phi) is 6.32. The Morgan fingerprint density at radius 2 is 1.22 bits per heavy atom. The molecule has 0 bridgehead atoms. The zero-order chi connectivity index (χ0) is 22.7. The van der Waals surface area contributed by atoms with E-state index in [-0.39, 0.29) is 30.0 Å². The first-order valence-electron chi connectivity index (χ1n) is 10.0. The lowest BCUT2D eigenvalue weighted by molar-refractivity contribution is -0.113. The van der Waals surface area contributed by atoms with Crippen molar-refractivity contribution in [3.05, 3.63) is 118 Å². The lowest BCUT2D eigenvalue weighted by Gasteiger charge is -2.30. The van der Waals surface area contributed by atoms with Gasteiger partial charge in [0.2, 0.25) is 0 Å². The van der Waals surface area contributed by atoms with Crippen LogP contribution in [0.3, 0.4) is 0 Å². The van der Waals surface area contributed by atoms with E-state index in [4.69, 9.17) is 0 Å². The van der Waals surface area contributed by atoms with Crippen LogP contribution in [0.25, 0.3) is 12.2 Å². The Labute approximate surface area is 183 Å². The topological polar surface area (TPSA) is 20.3 Å². The molecule has 4 rings (SSSR count).